The van der Waals surface area contributed by atoms with Crippen molar-refractivity contribution < 1.29 is 0 Å². The molecule has 0 saturated heterocycles. The van der Waals surface area contributed by atoms with Crippen molar-refractivity contribution in [2.45, 2.75) is 19.3 Å². The van der Waals surface area contributed by atoms with Gasteiger partial charge in [0.05, 0.1) is 11.1 Å². The van der Waals surface area contributed by atoms with Crippen LogP contribution in [0.1, 0.15) is 36.1 Å². The Morgan fingerprint density at radius 3 is 1.46 bits per heavy atom. The molecule has 65 heavy (non-hydrogen) atoms. The minimum atomic E-state index is -0.471. The van der Waals surface area contributed by atoms with Crippen LogP contribution in [0.2, 0.25) is 0 Å². The first-order chi connectivity index (χ1) is 32.2. The summed E-state index contributed by atoms with van der Waals surface area (Å²) >= 11 is 0. The van der Waals surface area contributed by atoms with Crippen LogP contribution in [0.25, 0.3) is 66.1 Å². The van der Waals surface area contributed by atoms with Crippen LogP contribution in [-0.4, -0.2) is 0 Å². The second-order valence-electron chi connectivity index (χ2n) is 16.8. The van der Waals surface area contributed by atoms with Crippen LogP contribution >= 0.6 is 0 Å². The molecule has 0 bridgehead atoms. The summed E-state index contributed by atoms with van der Waals surface area (Å²) in [4.78, 5) is 2.54. The average molecular weight is 833 g/mol. The zero-order valence-electron chi connectivity index (χ0n) is 36.7. The molecule has 0 heterocycles. The van der Waals surface area contributed by atoms with Crippen molar-refractivity contribution in [1.82, 2.24) is 0 Å². The number of nitrogens with one attached hydrogen (secondary N) is 1. The zero-order chi connectivity index (χ0) is 43.9. The molecule has 0 saturated carbocycles. The lowest BCUT2D eigenvalue weighted by Gasteiger charge is -2.33. The third kappa shape index (κ3) is 6.25. The third-order valence-corrected chi connectivity index (χ3v) is 13.2. The van der Waals surface area contributed by atoms with Crippen molar-refractivity contribution in [3.05, 3.63) is 266 Å². The average Bonchev–Trinajstić information content (AvgIpc) is 3.83. The van der Waals surface area contributed by atoms with E-state index in [1.807, 2.05) is 26.1 Å². The molecule has 2 aliphatic carbocycles. The van der Waals surface area contributed by atoms with Gasteiger partial charge in [-0.3, -0.25) is 0 Å². The fourth-order valence-corrected chi connectivity index (χ4v) is 10.7. The molecular weight excluding hydrogens is 785 g/mol. The van der Waals surface area contributed by atoms with Crippen molar-refractivity contribution in [2.75, 3.05) is 10.2 Å². The highest BCUT2D eigenvalue weighted by molar-refractivity contribution is 6.22. The van der Waals surface area contributed by atoms with Crippen molar-refractivity contribution in [3.8, 4) is 44.5 Å². The van der Waals surface area contributed by atoms with Crippen LogP contribution in [0.15, 0.2) is 243 Å². The van der Waals surface area contributed by atoms with Gasteiger partial charge in [-0.2, -0.15) is 0 Å². The van der Waals surface area contributed by atoms with E-state index >= 15 is 0 Å². The minimum Gasteiger partial charge on any atom is -0.362 e. The summed E-state index contributed by atoms with van der Waals surface area (Å²) in [6, 6.07) is 80.9. The Labute approximate surface area is 382 Å². The SMILES string of the molecule is C/C=C/Nc1ccccc1-c1cccc(N(c2ccc3c(c2)C2(c4ccccc4-c4ccccc42)c2ccccc2-3)c2c3ccccc3c(-c3ccccc3)c3ccccc23)c1.C=CC. The smallest absolute Gasteiger partial charge is 0.0726 e. The normalized spacial score (nSPS) is 12.6. The van der Waals surface area contributed by atoms with Gasteiger partial charge in [-0.1, -0.05) is 200 Å². The Kier molecular flexibility index (Phi) is 10.1. The number of fused-ring (bicyclic) bond motifs is 12. The van der Waals surface area contributed by atoms with Gasteiger partial charge < -0.3 is 10.2 Å². The zero-order valence-corrected chi connectivity index (χ0v) is 36.7. The van der Waals surface area contributed by atoms with Crippen molar-refractivity contribution in [3.63, 3.8) is 0 Å². The highest BCUT2D eigenvalue weighted by Gasteiger charge is 2.51. The molecule has 12 rings (SSSR count). The molecule has 1 spiro atoms. The van der Waals surface area contributed by atoms with Crippen LogP contribution in [-0.2, 0) is 5.41 Å². The number of nitrogens with zero attached hydrogens (tertiary/aromatic N) is 1. The molecule has 2 aliphatic rings. The van der Waals surface area contributed by atoms with E-state index in [4.69, 9.17) is 0 Å². The lowest BCUT2D eigenvalue weighted by Crippen LogP contribution is -2.26. The van der Waals surface area contributed by atoms with Gasteiger partial charge in [0, 0.05) is 33.4 Å². The Balaban J connectivity index is 0.00000152. The number of hydrogen-bond acceptors (Lipinski definition) is 2. The van der Waals surface area contributed by atoms with E-state index in [0.29, 0.717) is 0 Å². The van der Waals surface area contributed by atoms with Gasteiger partial charge in [0.1, 0.15) is 0 Å². The molecule has 0 aromatic heterocycles. The maximum absolute atomic E-state index is 3.53. The van der Waals surface area contributed by atoms with Crippen molar-refractivity contribution in [1.29, 1.82) is 0 Å². The highest BCUT2D eigenvalue weighted by atomic mass is 15.1. The monoisotopic (exact) mass is 832 g/mol. The highest BCUT2D eigenvalue weighted by Crippen LogP contribution is 2.63. The Hall–Kier alpha value is -8.20. The summed E-state index contributed by atoms with van der Waals surface area (Å²) in [5, 5.41) is 8.36. The molecular formula is C63H48N2. The van der Waals surface area contributed by atoms with E-state index in [1.165, 1.54) is 77.2 Å². The first-order valence-electron chi connectivity index (χ1n) is 22.5. The second-order valence-corrected chi connectivity index (χ2v) is 16.8. The maximum Gasteiger partial charge on any atom is 0.0726 e. The number of anilines is 4. The molecule has 0 aliphatic heterocycles. The predicted molar refractivity (Wildman–Crippen MR) is 278 cm³/mol. The summed E-state index contributed by atoms with van der Waals surface area (Å²) < 4.78 is 0. The summed E-state index contributed by atoms with van der Waals surface area (Å²) in [6.45, 7) is 7.29. The molecule has 0 radical (unpaired) electrons. The summed E-state index contributed by atoms with van der Waals surface area (Å²) in [5.74, 6) is 0. The number of para-hydroxylation sites is 1. The van der Waals surface area contributed by atoms with Gasteiger partial charge in [-0.25, -0.2) is 0 Å². The van der Waals surface area contributed by atoms with Gasteiger partial charge in [-0.05, 0) is 122 Å². The third-order valence-electron chi connectivity index (χ3n) is 13.2. The Morgan fingerprint density at radius 2 is 0.877 bits per heavy atom. The quantitative estimate of drug-likeness (QED) is 0.127. The first-order valence-corrected chi connectivity index (χ1v) is 22.5. The van der Waals surface area contributed by atoms with Crippen molar-refractivity contribution in [2.24, 2.45) is 0 Å². The van der Waals surface area contributed by atoms with E-state index in [2.05, 4.69) is 235 Å². The first kappa shape index (κ1) is 39.6. The Bertz CT molecular complexity index is 3350. The molecule has 0 unspecified atom stereocenters. The van der Waals surface area contributed by atoms with Crippen LogP contribution in [0.5, 0.6) is 0 Å². The summed E-state index contributed by atoms with van der Waals surface area (Å²) in [6.07, 6.45) is 5.78. The van der Waals surface area contributed by atoms with Crippen molar-refractivity contribution >= 4 is 44.3 Å². The number of hydrogen-bond donors (Lipinski definition) is 1. The summed E-state index contributed by atoms with van der Waals surface area (Å²) in [5.41, 5.74) is 19.2. The lowest BCUT2D eigenvalue weighted by atomic mass is 9.70. The predicted octanol–water partition coefficient (Wildman–Crippen LogP) is 17.3. The van der Waals surface area contributed by atoms with Crippen LogP contribution < -0.4 is 10.2 Å². The molecule has 0 atom stereocenters. The van der Waals surface area contributed by atoms with Gasteiger partial charge in [0.25, 0.3) is 0 Å². The Morgan fingerprint density at radius 1 is 0.415 bits per heavy atom. The molecule has 0 amide bonds. The maximum atomic E-state index is 3.53. The number of benzene rings is 10. The van der Waals surface area contributed by atoms with Gasteiger partial charge in [0.2, 0.25) is 0 Å². The largest absolute Gasteiger partial charge is 0.362 e. The molecule has 2 nitrogen and oxygen atoms in total. The molecule has 0 fully saturated rings. The van der Waals surface area contributed by atoms with Gasteiger partial charge >= 0.3 is 0 Å². The van der Waals surface area contributed by atoms with E-state index in [0.717, 1.165) is 33.9 Å². The standard InChI is InChI=1S/C60H42N2.C3H6/c1-2-37-61-57-34-17-13-23-44(57)41-21-18-22-42(38-41)62(59-51-29-8-6-27-49(51)58(40-19-4-3-5-20-40)50-28-7-9-30-52(50)59)43-35-36-48-47-26-12-16-33-55(47)60(56(48)39-43)53-31-14-10-24-45(53)46-25-11-15-32-54(46)60;1-3-2/h2-39,61H,1H3;3H,1H2,2H3/b37-2+;. The van der Waals surface area contributed by atoms with E-state index in [-0.39, 0.29) is 0 Å². The molecule has 10 aromatic rings. The van der Waals surface area contributed by atoms with Crippen LogP contribution in [0, 0.1) is 0 Å². The summed E-state index contributed by atoms with van der Waals surface area (Å²) in [7, 11) is 0. The minimum absolute atomic E-state index is 0.471. The van der Waals surface area contributed by atoms with Crippen LogP contribution in [0.3, 0.4) is 0 Å². The molecule has 1 N–H and O–H groups in total. The topological polar surface area (TPSA) is 15.3 Å². The molecule has 2 heteroatoms. The van der Waals surface area contributed by atoms with Gasteiger partial charge in [-0.15, -0.1) is 6.58 Å². The van der Waals surface area contributed by atoms with Gasteiger partial charge in [0.15, 0.2) is 0 Å². The van der Waals surface area contributed by atoms with E-state index in [1.54, 1.807) is 6.08 Å². The molecule has 310 valence electrons. The second kappa shape index (κ2) is 16.5. The number of rotatable bonds is 7. The molecule has 10 aromatic carbocycles. The van der Waals surface area contributed by atoms with E-state index < -0.39 is 5.41 Å². The fraction of sp³-hybridized carbons (Fsp3) is 0.0476. The van der Waals surface area contributed by atoms with E-state index in [9.17, 15) is 0 Å². The van der Waals surface area contributed by atoms with Crippen LogP contribution in [0.4, 0.5) is 22.7 Å². The fourth-order valence-electron chi connectivity index (χ4n) is 10.7. The number of allylic oxidation sites excluding steroid dienone is 2. The lowest BCUT2D eigenvalue weighted by molar-refractivity contribution is 0.793.